The summed E-state index contributed by atoms with van der Waals surface area (Å²) in [6.07, 6.45) is 7.82. The first-order valence-electron chi connectivity index (χ1n) is 16.2. The monoisotopic (exact) mass is 676 g/mol. The van der Waals surface area contributed by atoms with Crippen LogP contribution in [0, 0.1) is 11.7 Å². The molecule has 11 heteroatoms. The molecule has 1 saturated carbocycles. The SMILES string of the molecule is Oc1cc(-c2ncc3c(N4CC5CCC(C4)N5)nc(OC[C@]45C[C@@H](F)CN4[C@H]4CCC[C@H]4C5)nc3c2F)c2c(Br)cccc2c1. The van der Waals surface area contributed by atoms with Gasteiger partial charge in [0.2, 0.25) is 0 Å². The van der Waals surface area contributed by atoms with E-state index in [0.717, 1.165) is 54.0 Å². The Balaban J connectivity index is 1.15. The maximum Gasteiger partial charge on any atom is 0.319 e. The first-order valence-corrected chi connectivity index (χ1v) is 17.0. The van der Waals surface area contributed by atoms with Gasteiger partial charge in [-0.25, -0.2) is 8.78 Å². The summed E-state index contributed by atoms with van der Waals surface area (Å²) in [4.78, 5) is 18.8. The molecule has 2 aromatic carbocycles. The summed E-state index contributed by atoms with van der Waals surface area (Å²) < 4.78 is 38.9. The summed E-state index contributed by atoms with van der Waals surface area (Å²) in [5.41, 5.74) is 0.306. The smallest absolute Gasteiger partial charge is 0.319 e. The summed E-state index contributed by atoms with van der Waals surface area (Å²) in [5, 5.41) is 16.2. The van der Waals surface area contributed by atoms with Crippen molar-refractivity contribution in [1.29, 1.82) is 0 Å². The van der Waals surface area contributed by atoms with Crippen molar-refractivity contribution in [2.24, 2.45) is 5.92 Å². The van der Waals surface area contributed by atoms with E-state index in [1.807, 2.05) is 18.2 Å². The molecule has 2 N–H and O–H groups in total. The summed E-state index contributed by atoms with van der Waals surface area (Å²) >= 11 is 3.61. The second-order valence-electron chi connectivity index (χ2n) is 13.8. The highest BCUT2D eigenvalue weighted by atomic mass is 79.9. The van der Waals surface area contributed by atoms with Crippen LogP contribution >= 0.6 is 15.9 Å². The first-order chi connectivity index (χ1) is 21.8. The first kappa shape index (κ1) is 28.1. The molecule has 6 heterocycles. The fourth-order valence-electron chi connectivity index (χ4n) is 9.28. The Labute approximate surface area is 268 Å². The van der Waals surface area contributed by atoms with Crippen LogP contribution in [0.5, 0.6) is 11.8 Å². The van der Waals surface area contributed by atoms with Crippen LogP contribution in [0.4, 0.5) is 14.6 Å². The van der Waals surface area contributed by atoms with E-state index in [4.69, 9.17) is 9.72 Å². The highest BCUT2D eigenvalue weighted by Crippen LogP contribution is 2.52. The zero-order chi connectivity index (χ0) is 30.4. The van der Waals surface area contributed by atoms with E-state index in [1.54, 1.807) is 12.3 Å². The maximum absolute atomic E-state index is 16.8. The van der Waals surface area contributed by atoms with Gasteiger partial charge >= 0.3 is 6.01 Å². The summed E-state index contributed by atoms with van der Waals surface area (Å²) in [5.74, 6) is 0.615. The third kappa shape index (κ3) is 4.52. The van der Waals surface area contributed by atoms with Crippen LogP contribution in [-0.2, 0) is 0 Å². The van der Waals surface area contributed by atoms with Crippen molar-refractivity contribution >= 4 is 43.4 Å². The molecule has 0 radical (unpaired) electrons. The van der Waals surface area contributed by atoms with Crippen molar-refractivity contribution in [3.8, 4) is 23.0 Å². The lowest BCUT2D eigenvalue weighted by atomic mass is 9.89. The third-order valence-electron chi connectivity index (χ3n) is 11.1. The zero-order valence-corrected chi connectivity index (χ0v) is 26.4. The largest absolute Gasteiger partial charge is 0.508 e. The average Bonchev–Trinajstić information content (AvgIpc) is 3.76. The van der Waals surface area contributed by atoms with Crippen molar-refractivity contribution in [2.45, 2.75) is 74.8 Å². The number of aromatic hydroxyl groups is 1. The number of hydrogen-bond donors (Lipinski definition) is 2. The van der Waals surface area contributed by atoms with E-state index >= 15 is 4.39 Å². The molecular weight excluding hydrogens is 642 g/mol. The molecule has 4 saturated heterocycles. The van der Waals surface area contributed by atoms with Gasteiger partial charge in [0.25, 0.3) is 0 Å². The second kappa shape index (κ2) is 10.4. The Kier molecular flexibility index (Phi) is 6.52. The van der Waals surface area contributed by atoms with Gasteiger partial charge in [0.05, 0.1) is 10.9 Å². The van der Waals surface area contributed by atoms with Gasteiger partial charge in [-0.15, -0.1) is 0 Å². The molecule has 5 aliphatic rings. The number of aromatic nitrogens is 3. The maximum atomic E-state index is 16.8. The van der Waals surface area contributed by atoms with Crippen molar-refractivity contribution in [2.75, 3.05) is 31.1 Å². The minimum atomic E-state index is -0.873. The summed E-state index contributed by atoms with van der Waals surface area (Å²) in [6.45, 7) is 2.23. The van der Waals surface area contributed by atoms with E-state index in [9.17, 15) is 9.50 Å². The minimum Gasteiger partial charge on any atom is -0.508 e. The highest BCUT2D eigenvalue weighted by Gasteiger charge is 2.58. The van der Waals surface area contributed by atoms with Crippen LogP contribution in [-0.4, -0.2) is 81.0 Å². The number of pyridine rings is 1. The number of halogens is 3. The number of rotatable bonds is 5. The molecule has 2 bridgehead atoms. The van der Waals surface area contributed by atoms with Gasteiger partial charge in [-0.2, -0.15) is 9.97 Å². The van der Waals surface area contributed by atoms with Crippen molar-refractivity contribution in [3.05, 3.63) is 46.8 Å². The van der Waals surface area contributed by atoms with Gasteiger partial charge in [-0.05, 0) is 61.6 Å². The quantitative estimate of drug-likeness (QED) is 0.261. The number of ether oxygens (including phenoxy) is 1. The number of anilines is 1. The Hall–Kier alpha value is -3.15. The van der Waals surface area contributed by atoms with Crippen molar-refractivity contribution < 1.29 is 18.6 Å². The molecule has 0 spiro atoms. The number of piperazine rings is 1. The van der Waals surface area contributed by atoms with Gasteiger partial charge in [0, 0.05) is 65.8 Å². The minimum absolute atomic E-state index is 0.0217. The molecular formula is C34H35BrF2N6O2. The van der Waals surface area contributed by atoms with Crippen LogP contribution in [0.25, 0.3) is 32.9 Å². The summed E-state index contributed by atoms with van der Waals surface area (Å²) in [6, 6.07) is 10.0. The number of nitrogens with one attached hydrogen (secondary N) is 1. The lowest BCUT2D eigenvalue weighted by Gasteiger charge is -2.35. The van der Waals surface area contributed by atoms with E-state index in [0.29, 0.717) is 53.8 Å². The van der Waals surface area contributed by atoms with Gasteiger partial charge in [-0.1, -0.05) is 34.5 Å². The molecule has 5 fully saturated rings. The normalized spacial score (nSPS) is 30.8. The van der Waals surface area contributed by atoms with Gasteiger partial charge in [0.15, 0.2) is 5.82 Å². The number of alkyl halides is 1. The Morgan fingerprint density at radius 2 is 1.91 bits per heavy atom. The molecule has 2 unspecified atom stereocenters. The molecule has 4 aromatic rings. The molecule has 2 aromatic heterocycles. The van der Waals surface area contributed by atoms with Crippen molar-refractivity contribution in [3.63, 3.8) is 0 Å². The van der Waals surface area contributed by atoms with Gasteiger partial charge < -0.3 is 20.1 Å². The van der Waals surface area contributed by atoms with Crippen molar-refractivity contribution in [1.82, 2.24) is 25.2 Å². The number of nitrogens with zero attached hydrogens (tertiary/aromatic N) is 5. The predicted molar refractivity (Wildman–Crippen MR) is 172 cm³/mol. The van der Waals surface area contributed by atoms with Crippen LogP contribution in [0.2, 0.25) is 0 Å². The lowest BCUT2D eigenvalue weighted by Crippen LogP contribution is -2.51. The van der Waals surface area contributed by atoms with E-state index in [1.165, 1.54) is 18.9 Å². The Bertz CT molecular complexity index is 1830. The molecule has 234 valence electrons. The second-order valence-corrected chi connectivity index (χ2v) is 14.7. The molecule has 8 nitrogen and oxygen atoms in total. The lowest BCUT2D eigenvalue weighted by molar-refractivity contribution is 0.0832. The number of benzene rings is 2. The van der Waals surface area contributed by atoms with E-state index in [-0.39, 0.29) is 35.1 Å². The standard InChI is InChI=1S/C34H35BrF2N6O2/c35-26-5-1-3-18-9-23(44)10-24(28(18)26)30-29(37)31-25(13-38-30)32(42-15-21-7-8-22(16-42)39-21)41-33(40-31)45-17-34-11-19-4-2-6-27(19)43(34)14-20(36)12-34/h1,3,5,9-10,13,19-22,27,39,44H,2,4,6-8,11-12,14-17H2/t19-,20+,21?,22?,27-,34-/m0/s1. The Morgan fingerprint density at radius 3 is 2.76 bits per heavy atom. The summed E-state index contributed by atoms with van der Waals surface area (Å²) in [7, 11) is 0. The number of fused-ring (bicyclic) bond motifs is 7. The number of phenolic OH excluding ortho intramolecular Hbond substituents is 1. The third-order valence-corrected chi connectivity index (χ3v) is 11.7. The molecule has 0 amide bonds. The van der Waals surface area contributed by atoms with Crippen LogP contribution < -0.4 is 15.0 Å². The highest BCUT2D eigenvalue weighted by molar-refractivity contribution is 9.10. The molecule has 1 aliphatic carbocycles. The van der Waals surface area contributed by atoms with Gasteiger partial charge in [0.1, 0.15) is 35.6 Å². The topological polar surface area (TPSA) is 86.6 Å². The van der Waals surface area contributed by atoms with Crippen LogP contribution in [0.3, 0.4) is 0 Å². The molecule has 45 heavy (non-hydrogen) atoms. The zero-order valence-electron chi connectivity index (χ0n) is 24.9. The predicted octanol–water partition coefficient (Wildman–Crippen LogP) is 6.13. The van der Waals surface area contributed by atoms with Crippen LogP contribution in [0.15, 0.2) is 41.0 Å². The van der Waals surface area contributed by atoms with Gasteiger partial charge in [-0.3, -0.25) is 9.88 Å². The molecule has 4 aliphatic heterocycles. The molecule has 6 atom stereocenters. The number of hydrogen-bond acceptors (Lipinski definition) is 8. The fourth-order valence-corrected chi connectivity index (χ4v) is 9.88. The van der Waals surface area contributed by atoms with Crippen LogP contribution in [0.1, 0.15) is 44.9 Å². The van der Waals surface area contributed by atoms with E-state index < -0.39 is 12.0 Å². The fraction of sp³-hybridized carbons (Fsp3) is 0.500. The van der Waals surface area contributed by atoms with E-state index in [2.05, 4.69) is 41.0 Å². The number of phenols is 1. The average molecular weight is 678 g/mol. The molecule has 9 rings (SSSR count). The Morgan fingerprint density at radius 1 is 1.07 bits per heavy atom.